The first kappa shape index (κ1) is 16.0. The van der Waals surface area contributed by atoms with Gasteiger partial charge in [0.1, 0.15) is 0 Å². The van der Waals surface area contributed by atoms with Crippen molar-refractivity contribution in [2.75, 3.05) is 50.7 Å². The number of likely N-dealkylation sites (N-methyl/N-ethyl adjacent to an activating group) is 1. The van der Waals surface area contributed by atoms with Gasteiger partial charge in [-0.2, -0.15) is 5.10 Å². The first-order valence-corrected chi connectivity index (χ1v) is 8.48. The van der Waals surface area contributed by atoms with Gasteiger partial charge >= 0.3 is 0 Å². The summed E-state index contributed by atoms with van der Waals surface area (Å²) in [5.74, 6) is 0.291. The van der Waals surface area contributed by atoms with Crippen LogP contribution < -0.4 is 10.5 Å². The Morgan fingerprint density at radius 2 is 2.09 bits per heavy atom. The maximum absolute atomic E-state index is 12.8. The second kappa shape index (κ2) is 7.12. The zero-order valence-corrected chi connectivity index (χ0v) is 13.7. The number of carbonyl (C=O) groups is 1. The van der Waals surface area contributed by atoms with E-state index in [0.29, 0.717) is 6.54 Å². The summed E-state index contributed by atoms with van der Waals surface area (Å²) >= 11 is 0. The predicted octanol–water partition coefficient (Wildman–Crippen LogP) is 0.150. The second-order valence-electron chi connectivity index (χ2n) is 6.35. The maximum atomic E-state index is 12.8. The molecule has 7 heteroatoms. The molecule has 1 aromatic rings. The molecule has 2 aliphatic heterocycles. The van der Waals surface area contributed by atoms with Gasteiger partial charge < -0.3 is 14.7 Å². The summed E-state index contributed by atoms with van der Waals surface area (Å²) < 4.78 is 0. The van der Waals surface area contributed by atoms with E-state index < -0.39 is 0 Å². The minimum atomic E-state index is -0.202. The summed E-state index contributed by atoms with van der Waals surface area (Å²) in [4.78, 5) is 30.7. The summed E-state index contributed by atoms with van der Waals surface area (Å²) in [6.07, 6.45) is 3.56. The fraction of sp³-hybridized carbons (Fsp3) is 0.688. The number of amides is 1. The van der Waals surface area contributed by atoms with E-state index in [0.717, 1.165) is 57.8 Å². The molecular weight excluding hydrogens is 294 g/mol. The Hall–Kier alpha value is -1.89. The molecule has 2 saturated heterocycles. The number of aromatic nitrogens is 2. The number of aromatic amines is 1. The molecule has 0 aromatic carbocycles. The Labute approximate surface area is 136 Å². The average Bonchev–Trinajstić information content (AvgIpc) is 2.61. The molecule has 126 valence electrons. The molecule has 2 aliphatic rings. The third kappa shape index (κ3) is 3.72. The number of anilines is 1. The summed E-state index contributed by atoms with van der Waals surface area (Å²) in [6, 6.07) is 1.56. The lowest BCUT2D eigenvalue weighted by Gasteiger charge is -2.39. The Bertz CT molecular complexity index is 594. The highest BCUT2D eigenvalue weighted by Crippen LogP contribution is 2.23. The predicted molar refractivity (Wildman–Crippen MR) is 88.5 cm³/mol. The van der Waals surface area contributed by atoms with E-state index in [1.807, 2.05) is 4.90 Å². The topological polar surface area (TPSA) is 72.5 Å². The van der Waals surface area contributed by atoms with Crippen molar-refractivity contribution < 1.29 is 4.79 Å². The molecule has 7 nitrogen and oxygen atoms in total. The van der Waals surface area contributed by atoms with E-state index in [-0.39, 0.29) is 17.4 Å². The molecule has 1 aromatic heterocycles. The summed E-state index contributed by atoms with van der Waals surface area (Å²) in [6.45, 7) is 8.36. The lowest BCUT2D eigenvalue weighted by atomic mass is 9.96. The van der Waals surface area contributed by atoms with Gasteiger partial charge in [-0.05, 0) is 19.4 Å². The molecule has 1 amide bonds. The smallest absolute Gasteiger partial charge is 0.266 e. The minimum absolute atomic E-state index is 0.0243. The van der Waals surface area contributed by atoms with Gasteiger partial charge in [0.25, 0.3) is 5.56 Å². The normalized spacial score (nSPS) is 23.1. The maximum Gasteiger partial charge on any atom is 0.266 e. The van der Waals surface area contributed by atoms with Crippen LogP contribution in [0.2, 0.25) is 0 Å². The van der Waals surface area contributed by atoms with Crippen molar-refractivity contribution in [2.45, 2.75) is 19.8 Å². The van der Waals surface area contributed by atoms with Crippen LogP contribution in [-0.2, 0) is 4.79 Å². The fourth-order valence-corrected chi connectivity index (χ4v) is 3.49. The van der Waals surface area contributed by atoms with Gasteiger partial charge in [0.15, 0.2) is 0 Å². The van der Waals surface area contributed by atoms with E-state index in [1.165, 1.54) is 0 Å². The van der Waals surface area contributed by atoms with Crippen molar-refractivity contribution >= 4 is 11.6 Å². The van der Waals surface area contributed by atoms with E-state index in [2.05, 4.69) is 26.9 Å². The van der Waals surface area contributed by atoms with E-state index >= 15 is 0 Å². The number of H-pyrrole nitrogens is 1. The van der Waals surface area contributed by atoms with Crippen LogP contribution in [0, 0.1) is 5.92 Å². The number of hydrogen-bond acceptors (Lipinski definition) is 5. The number of piperazine rings is 1. The molecule has 23 heavy (non-hydrogen) atoms. The molecule has 0 radical (unpaired) electrons. The highest BCUT2D eigenvalue weighted by molar-refractivity contribution is 5.80. The van der Waals surface area contributed by atoms with Crippen LogP contribution in [0.5, 0.6) is 0 Å². The molecular formula is C16H25N5O2. The standard InChI is InChI=1S/C16H25N5O2/c1-2-19-6-8-20(9-7-19)16(23)13-4-3-5-21(12-13)14-10-15(22)18-17-11-14/h10-11,13H,2-9,12H2,1H3,(H,18,22). The van der Waals surface area contributed by atoms with Crippen LogP contribution in [0.15, 0.2) is 17.1 Å². The quantitative estimate of drug-likeness (QED) is 0.859. The van der Waals surface area contributed by atoms with E-state index in [4.69, 9.17) is 0 Å². The van der Waals surface area contributed by atoms with Crippen LogP contribution in [0.25, 0.3) is 0 Å². The lowest BCUT2D eigenvalue weighted by molar-refractivity contribution is -0.137. The van der Waals surface area contributed by atoms with Crippen LogP contribution in [-0.4, -0.2) is 71.7 Å². The Balaban J connectivity index is 1.62. The van der Waals surface area contributed by atoms with E-state index in [9.17, 15) is 9.59 Å². The van der Waals surface area contributed by atoms with Gasteiger partial charge in [-0.3, -0.25) is 9.59 Å². The average molecular weight is 319 g/mol. The minimum Gasteiger partial charge on any atom is -0.369 e. The Kier molecular flexibility index (Phi) is 4.95. The molecule has 3 rings (SSSR count). The second-order valence-corrected chi connectivity index (χ2v) is 6.35. The molecule has 0 saturated carbocycles. The lowest BCUT2D eigenvalue weighted by Crippen LogP contribution is -2.52. The molecule has 3 heterocycles. The van der Waals surface area contributed by atoms with Crippen molar-refractivity contribution in [2.24, 2.45) is 5.92 Å². The third-order valence-corrected chi connectivity index (χ3v) is 4.92. The van der Waals surface area contributed by atoms with Gasteiger partial charge in [0, 0.05) is 45.3 Å². The van der Waals surface area contributed by atoms with E-state index in [1.54, 1.807) is 12.3 Å². The van der Waals surface area contributed by atoms with Gasteiger partial charge in [-0.25, -0.2) is 5.10 Å². The number of nitrogens with zero attached hydrogens (tertiary/aromatic N) is 4. The largest absolute Gasteiger partial charge is 0.369 e. The van der Waals surface area contributed by atoms with Crippen LogP contribution in [0.3, 0.4) is 0 Å². The van der Waals surface area contributed by atoms with Crippen LogP contribution in [0.1, 0.15) is 19.8 Å². The van der Waals surface area contributed by atoms with Crippen molar-refractivity contribution in [3.63, 3.8) is 0 Å². The SMILES string of the molecule is CCN1CCN(C(=O)C2CCCN(c3cn[nH]c(=O)c3)C2)CC1. The zero-order valence-electron chi connectivity index (χ0n) is 13.7. The van der Waals surface area contributed by atoms with Crippen molar-refractivity contribution in [1.29, 1.82) is 0 Å². The molecule has 1 unspecified atom stereocenters. The third-order valence-electron chi connectivity index (χ3n) is 4.92. The van der Waals surface area contributed by atoms with Crippen molar-refractivity contribution in [3.05, 3.63) is 22.6 Å². The molecule has 2 fully saturated rings. The first-order valence-electron chi connectivity index (χ1n) is 8.48. The van der Waals surface area contributed by atoms with Gasteiger partial charge in [0.05, 0.1) is 17.8 Å². The van der Waals surface area contributed by atoms with Gasteiger partial charge in [-0.15, -0.1) is 0 Å². The summed E-state index contributed by atoms with van der Waals surface area (Å²) in [5.41, 5.74) is 0.605. The number of carbonyl (C=O) groups excluding carboxylic acids is 1. The monoisotopic (exact) mass is 319 g/mol. The van der Waals surface area contributed by atoms with Crippen molar-refractivity contribution in [1.82, 2.24) is 20.0 Å². The number of hydrogen-bond donors (Lipinski definition) is 1. The first-order chi connectivity index (χ1) is 11.2. The number of piperidine rings is 1. The fourth-order valence-electron chi connectivity index (χ4n) is 3.49. The Morgan fingerprint density at radius 1 is 1.30 bits per heavy atom. The van der Waals surface area contributed by atoms with Crippen molar-refractivity contribution in [3.8, 4) is 0 Å². The highest BCUT2D eigenvalue weighted by Gasteiger charge is 2.31. The molecule has 1 N–H and O–H groups in total. The zero-order chi connectivity index (χ0) is 16.2. The Morgan fingerprint density at radius 3 is 2.78 bits per heavy atom. The van der Waals surface area contributed by atoms with Crippen LogP contribution >= 0.6 is 0 Å². The molecule has 0 spiro atoms. The molecule has 0 bridgehead atoms. The van der Waals surface area contributed by atoms with Gasteiger partial charge in [0.2, 0.25) is 5.91 Å². The van der Waals surface area contributed by atoms with Crippen LogP contribution in [0.4, 0.5) is 5.69 Å². The number of nitrogens with one attached hydrogen (secondary N) is 1. The van der Waals surface area contributed by atoms with Gasteiger partial charge in [-0.1, -0.05) is 6.92 Å². The summed E-state index contributed by atoms with van der Waals surface area (Å²) in [5, 5.41) is 6.25. The highest BCUT2D eigenvalue weighted by atomic mass is 16.2. The summed E-state index contributed by atoms with van der Waals surface area (Å²) in [7, 11) is 0. The molecule has 1 atom stereocenters. The molecule has 0 aliphatic carbocycles. The number of rotatable bonds is 3.